The van der Waals surface area contributed by atoms with E-state index in [4.69, 9.17) is 10.9 Å². The molecule has 1 aliphatic rings. The van der Waals surface area contributed by atoms with Gasteiger partial charge in [-0.15, -0.1) is 0 Å². The van der Waals surface area contributed by atoms with Crippen molar-refractivity contribution in [1.29, 1.82) is 0 Å². The highest BCUT2D eigenvalue weighted by atomic mass is 16.4. The molecule has 68 valence electrons. The molecule has 0 amide bonds. The lowest BCUT2D eigenvalue weighted by molar-refractivity contribution is -0.147. The number of hydrogen-bond acceptors (Lipinski definition) is 3. The zero-order chi connectivity index (χ0) is 9.35. The third kappa shape index (κ3) is 1.29. The lowest BCUT2D eigenvalue weighted by Gasteiger charge is -2.15. The van der Waals surface area contributed by atoms with Crippen LogP contribution >= 0.6 is 0 Å². The van der Waals surface area contributed by atoms with Crippen molar-refractivity contribution in [3.05, 3.63) is 0 Å². The first-order valence-corrected chi connectivity index (χ1v) is 3.99. The number of nitrogens with zero attached hydrogens (tertiary/aromatic N) is 1. The van der Waals surface area contributed by atoms with Crippen LogP contribution in [-0.2, 0) is 4.79 Å². The Morgan fingerprint density at radius 1 is 1.83 bits per heavy atom. The summed E-state index contributed by atoms with van der Waals surface area (Å²) < 4.78 is 0. The van der Waals surface area contributed by atoms with Crippen molar-refractivity contribution >= 4 is 11.7 Å². The molecule has 1 saturated carbocycles. The number of carboxylic acids is 1. The molecule has 0 aromatic rings. The monoisotopic (exact) mass is 170 g/mol. The third-order valence-electron chi connectivity index (χ3n) is 2.58. The van der Waals surface area contributed by atoms with Gasteiger partial charge in [-0.25, -0.2) is 0 Å². The van der Waals surface area contributed by atoms with Crippen molar-refractivity contribution in [2.75, 3.05) is 0 Å². The molecule has 4 nitrogen and oxygen atoms in total. The van der Waals surface area contributed by atoms with Gasteiger partial charge in [0.1, 0.15) is 0 Å². The van der Waals surface area contributed by atoms with Crippen LogP contribution in [0.15, 0.2) is 5.10 Å². The van der Waals surface area contributed by atoms with Crippen LogP contribution in [0.1, 0.15) is 26.7 Å². The van der Waals surface area contributed by atoms with Crippen molar-refractivity contribution in [3.8, 4) is 0 Å². The van der Waals surface area contributed by atoms with E-state index < -0.39 is 11.4 Å². The van der Waals surface area contributed by atoms with E-state index in [-0.39, 0.29) is 5.92 Å². The highest BCUT2D eigenvalue weighted by molar-refractivity contribution is 5.94. The predicted octanol–water partition coefficient (Wildman–Crippen LogP) is 0.822. The van der Waals surface area contributed by atoms with Gasteiger partial charge >= 0.3 is 5.97 Å². The molecule has 4 heteroatoms. The number of carbonyl (C=O) groups is 1. The summed E-state index contributed by atoms with van der Waals surface area (Å²) in [6, 6.07) is 0. The van der Waals surface area contributed by atoms with Crippen LogP contribution in [0.3, 0.4) is 0 Å². The van der Waals surface area contributed by atoms with E-state index in [1.54, 1.807) is 6.92 Å². The quantitative estimate of drug-likeness (QED) is 0.452. The highest BCUT2D eigenvalue weighted by Gasteiger charge is 2.43. The first-order valence-electron chi connectivity index (χ1n) is 3.99. The molecule has 0 aromatic carbocycles. The number of hydrazone groups is 1. The Morgan fingerprint density at radius 2 is 2.42 bits per heavy atom. The lowest BCUT2D eigenvalue weighted by atomic mass is 9.88. The van der Waals surface area contributed by atoms with E-state index in [9.17, 15) is 4.79 Å². The number of carboxylic acid groups (broad SMARTS) is 1. The van der Waals surface area contributed by atoms with Crippen LogP contribution in [0.4, 0.5) is 0 Å². The summed E-state index contributed by atoms with van der Waals surface area (Å²) in [5.74, 6) is 4.59. The molecule has 0 unspecified atom stereocenters. The zero-order valence-electron chi connectivity index (χ0n) is 7.37. The predicted molar refractivity (Wildman–Crippen MR) is 45.8 cm³/mol. The molecule has 0 aromatic heterocycles. The van der Waals surface area contributed by atoms with E-state index in [0.29, 0.717) is 12.8 Å². The van der Waals surface area contributed by atoms with Crippen LogP contribution in [0.2, 0.25) is 0 Å². The van der Waals surface area contributed by atoms with Gasteiger partial charge in [-0.2, -0.15) is 5.10 Å². The van der Waals surface area contributed by atoms with Gasteiger partial charge in [-0.1, -0.05) is 6.92 Å². The van der Waals surface area contributed by atoms with Crippen LogP contribution in [0.25, 0.3) is 0 Å². The summed E-state index contributed by atoms with van der Waals surface area (Å²) in [5, 5.41) is 12.5. The maximum atomic E-state index is 10.8. The van der Waals surface area contributed by atoms with E-state index in [2.05, 4.69) is 5.10 Å². The molecule has 1 fully saturated rings. The van der Waals surface area contributed by atoms with Crippen LogP contribution in [0.5, 0.6) is 0 Å². The standard InChI is InChI=1S/C8H14N2O2/c1-5-3-8(2,7(11)12)4-6(5)10-9/h5H,3-4,9H2,1-2H3,(H,11,12)/b10-6-/t5-,8+/m1/s1. The molecule has 3 N–H and O–H groups in total. The van der Waals surface area contributed by atoms with Crippen molar-refractivity contribution in [3.63, 3.8) is 0 Å². The van der Waals surface area contributed by atoms with Gasteiger partial charge in [0.15, 0.2) is 0 Å². The van der Waals surface area contributed by atoms with Gasteiger partial charge < -0.3 is 10.9 Å². The SMILES string of the molecule is C[C@@H]1C[C@](C)(C(=O)O)C/C1=N/N. The summed E-state index contributed by atoms with van der Waals surface area (Å²) in [6.07, 6.45) is 1.12. The van der Waals surface area contributed by atoms with Crippen LogP contribution in [-0.4, -0.2) is 16.8 Å². The third-order valence-corrected chi connectivity index (χ3v) is 2.58. The van der Waals surface area contributed by atoms with Gasteiger partial charge in [0, 0.05) is 12.1 Å². The fourth-order valence-corrected chi connectivity index (χ4v) is 1.78. The average Bonchev–Trinajstić information content (AvgIpc) is 2.27. The maximum Gasteiger partial charge on any atom is 0.309 e. The second-order valence-electron chi connectivity index (χ2n) is 3.77. The van der Waals surface area contributed by atoms with Crippen molar-refractivity contribution < 1.29 is 9.90 Å². The fourth-order valence-electron chi connectivity index (χ4n) is 1.78. The normalized spacial score (nSPS) is 38.8. The van der Waals surface area contributed by atoms with Gasteiger partial charge in [-0.3, -0.25) is 4.79 Å². The number of hydrogen-bond donors (Lipinski definition) is 2. The lowest BCUT2D eigenvalue weighted by Crippen LogP contribution is -2.24. The van der Waals surface area contributed by atoms with Gasteiger partial charge in [0.05, 0.1) is 5.41 Å². The molecule has 1 rings (SSSR count). The van der Waals surface area contributed by atoms with E-state index in [1.165, 1.54) is 0 Å². The number of rotatable bonds is 1. The summed E-state index contributed by atoms with van der Waals surface area (Å²) in [5.41, 5.74) is 0.164. The number of aliphatic carboxylic acids is 1. The Kier molecular flexibility index (Phi) is 2.08. The van der Waals surface area contributed by atoms with Crippen molar-refractivity contribution in [2.24, 2.45) is 22.3 Å². The minimum absolute atomic E-state index is 0.205. The Morgan fingerprint density at radius 3 is 2.67 bits per heavy atom. The topological polar surface area (TPSA) is 75.7 Å². The minimum atomic E-state index is -0.756. The second-order valence-corrected chi connectivity index (χ2v) is 3.77. The fraction of sp³-hybridized carbons (Fsp3) is 0.750. The van der Waals surface area contributed by atoms with Gasteiger partial charge in [0.25, 0.3) is 0 Å². The van der Waals surface area contributed by atoms with E-state index in [1.807, 2.05) is 6.92 Å². The maximum absolute atomic E-state index is 10.8. The first kappa shape index (κ1) is 9.03. The highest BCUT2D eigenvalue weighted by Crippen LogP contribution is 2.39. The summed E-state index contributed by atoms with van der Waals surface area (Å²) >= 11 is 0. The molecule has 12 heavy (non-hydrogen) atoms. The smallest absolute Gasteiger partial charge is 0.309 e. The van der Waals surface area contributed by atoms with Gasteiger partial charge in [0.2, 0.25) is 0 Å². The molecular weight excluding hydrogens is 156 g/mol. The molecular formula is C8H14N2O2. The zero-order valence-corrected chi connectivity index (χ0v) is 7.37. The van der Waals surface area contributed by atoms with Crippen molar-refractivity contribution in [1.82, 2.24) is 0 Å². The van der Waals surface area contributed by atoms with Gasteiger partial charge in [-0.05, 0) is 19.3 Å². The van der Waals surface area contributed by atoms with E-state index in [0.717, 1.165) is 5.71 Å². The van der Waals surface area contributed by atoms with Crippen molar-refractivity contribution in [2.45, 2.75) is 26.7 Å². The second kappa shape index (κ2) is 2.77. The minimum Gasteiger partial charge on any atom is -0.481 e. The summed E-state index contributed by atoms with van der Waals surface area (Å²) in [6.45, 7) is 3.70. The molecule has 0 spiro atoms. The van der Waals surface area contributed by atoms with Crippen LogP contribution in [0, 0.1) is 11.3 Å². The molecule has 0 bridgehead atoms. The molecule has 1 aliphatic carbocycles. The Balaban J connectivity index is 2.84. The summed E-state index contributed by atoms with van der Waals surface area (Å²) in [7, 11) is 0. The largest absolute Gasteiger partial charge is 0.481 e. The molecule has 0 aliphatic heterocycles. The summed E-state index contributed by atoms with van der Waals surface area (Å²) in [4.78, 5) is 10.8. The molecule has 2 atom stereocenters. The molecule has 0 saturated heterocycles. The number of nitrogens with two attached hydrogens (primary N) is 1. The Bertz CT molecular complexity index is 237. The van der Waals surface area contributed by atoms with Crippen LogP contribution < -0.4 is 5.84 Å². The Hall–Kier alpha value is -1.06. The first-order chi connectivity index (χ1) is 5.49. The molecule has 0 heterocycles. The van der Waals surface area contributed by atoms with E-state index >= 15 is 0 Å². The average molecular weight is 170 g/mol. The molecule has 0 radical (unpaired) electrons. The Labute approximate surface area is 71.4 Å².